The zero-order valence-corrected chi connectivity index (χ0v) is 12.0. The third-order valence-electron chi connectivity index (χ3n) is 5.22. The second-order valence-electron chi connectivity index (χ2n) is 6.71. The molecule has 4 heteroatoms. The number of nitrogens with zero attached hydrogens (tertiary/aromatic N) is 2. The maximum Gasteiger partial charge on any atom is 0.148 e. The average Bonchev–Trinajstić information content (AvgIpc) is 2.78. The molecule has 3 unspecified atom stereocenters. The first-order valence-corrected chi connectivity index (χ1v) is 7.03. The molecule has 2 fully saturated rings. The van der Waals surface area contributed by atoms with Crippen molar-refractivity contribution in [1.82, 2.24) is 9.97 Å². The van der Waals surface area contributed by atoms with Crippen molar-refractivity contribution in [2.75, 3.05) is 5.32 Å². The lowest BCUT2D eigenvalue weighted by atomic mass is 9.68. The maximum absolute atomic E-state index is 6.16. The zero-order valence-electron chi connectivity index (χ0n) is 11.2. The molecular weight excluding hydrogens is 246 g/mol. The molecule has 0 saturated heterocycles. The van der Waals surface area contributed by atoms with E-state index in [1.54, 1.807) is 12.5 Å². The highest BCUT2D eigenvalue weighted by Gasteiger charge is 2.59. The van der Waals surface area contributed by atoms with Crippen LogP contribution in [0.2, 0.25) is 5.02 Å². The second-order valence-corrected chi connectivity index (χ2v) is 7.12. The topological polar surface area (TPSA) is 37.8 Å². The summed E-state index contributed by atoms with van der Waals surface area (Å²) in [6, 6.07) is 0.441. The van der Waals surface area contributed by atoms with Crippen molar-refractivity contribution in [3.05, 3.63) is 17.5 Å². The van der Waals surface area contributed by atoms with Gasteiger partial charge in [-0.1, -0.05) is 32.4 Å². The van der Waals surface area contributed by atoms with Crippen molar-refractivity contribution in [2.24, 2.45) is 16.7 Å². The van der Waals surface area contributed by atoms with E-state index in [9.17, 15) is 0 Å². The summed E-state index contributed by atoms with van der Waals surface area (Å²) in [5.41, 5.74) is 0.684. The van der Waals surface area contributed by atoms with Gasteiger partial charge in [0.1, 0.15) is 17.2 Å². The summed E-state index contributed by atoms with van der Waals surface area (Å²) in [5, 5.41) is 4.20. The van der Waals surface area contributed by atoms with Crippen molar-refractivity contribution < 1.29 is 0 Å². The van der Waals surface area contributed by atoms with Crippen LogP contribution in [-0.4, -0.2) is 16.0 Å². The second kappa shape index (κ2) is 3.83. The highest BCUT2D eigenvalue weighted by atomic mass is 35.5. The van der Waals surface area contributed by atoms with Gasteiger partial charge in [-0.2, -0.15) is 0 Å². The summed E-state index contributed by atoms with van der Waals surface area (Å²) in [5.74, 6) is 1.60. The minimum Gasteiger partial charge on any atom is -0.365 e. The molecule has 2 bridgehead atoms. The van der Waals surface area contributed by atoms with Crippen LogP contribution in [0.3, 0.4) is 0 Å². The van der Waals surface area contributed by atoms with Crippen molar-refractivity contribution in [1.29, 1.82) is 0 Å². The first-order valence-electron chi connectivity index (χ1n) is 6.65. The predicted octanol–water partition coefficient (Wildman–Crippen LogP) is 3.76. The lowest BCUT2D eigenvalue weighted by Crippen LogP contribution is -2.46. The molecule has 1 aromatic rings. The fourth-order valence-electron chi connectivity index (χ4n) is 4.22. The van der Waals surface area contributed by atoms with Gasteiger partial charge in [0, 0.05) is 6.04 Å². The van der Waals surface area contributed by atoms with Crippen LogP contribution in [-0.2, 0) is 0 Å². The number of fused-ring (bicyclic) bond motifs is 2. The van der Waals surface area contributed by atoms with Gasteiger partial charge in [0.05, 0.1) is 6.20 Å². The molecule has 3 nitrogen and oxygen atoms in total. The van der Waals surface area contributed by atoms with E-state index in [1.807, 2.05) is 0 Å². The molecule has 3 rings (SSSR count). The molecular formula is C14H20ClN3. The van der Waals surface area contributed by atoms with E-state index in [-0.39, 0.29) is 0 Å². The SMILES string of the molecule is CC12CCC(C1)C(C)(C)C2Nc1ncncc1Cl. The number of hydrogen-bond donors (Lipinski definition) is 1. The molecule has 3 atom stereocenters. The molecule has 0 aromatic carbocycles. The quantitative estimate of drug-likeness (QED) is 0.885. The van der Waals surface area contributed by atoms with E-state index >= 15 is 0 Å². The van der Waals surface area contributed by atoms with Gasteiger partial charge in [-0.25, -0.2) is 9.97 Å². The van der Waals surface area contributed by atoms with Gasteiger partial charge in [-0.05, 0) is 36.0 Å². The van der Waals surface area contributed by atoms with Gasteiger partial charge in [0.25, 0.3) is 0 Å². The van der Waals surface area contributed by atoms with Gasteiger partial charge in [0.15, 0.2) is 0 Å². The number of hydrogen-bond acceptors (Lipinski definition) is 3. The van der Waals surface area contributed by atoms with Crippen LogP contribution < -0.4 is 5.32 Å². The van der Waals surface area contributed by atoms with E-state index in [2.05, 4.69) is 36.1 Å². The molecule has 2 saturated carbocycles. The first kappa shape index (κ1) is 12.2. The van der Waals surface area contributed by atoms with E-state index < -0.39 is 0 Å². The molecule has 0 radical (unpaired) electrons. The van der Waals surface area contributed by atoms with Crippen molar-refractivity contribution in [3.8, 4) is 0 Å². The Morgan fingerprint density at radius 2 is 2.17 bits per heavy atom. The normalized spacial score (nSPS) is 36.9. The molecule has 1 N–H and O–H groups in total. The largest absolute Gasteiger partial charge is 0.365 e. The standard InChI is InChI=1S/C14H20ClN3/c1-13(2)9-4-5-14(3,6-9)12(13)18-11-10(15)7-16-8-17-11/h7-9,12H,4-6H2,1-3H3,(H,16,17,18). The van der Waals surface area contributed by atoms with Gasteiger partial charge in [-0.3, -0.25) is 0 Å². The van der Waals surface area contributed by atoms with Crippen LogP contribution in [0.5, 0.6) is 0 Å². The smallest absolute Gasteiger partial charge is 0.148 e. The zero-order chi connectivity index (χ0) is 13.0. The number of halogens is 1. The summed E-state index contributed by atoms with van der Waals surface area (Å²) in [6.45, 7) is 7.14. The Labute approximate surface area is 113 Å². The van der Waals surface area contributed by atoms with Crippen molar-refractivity contribution >= 4 is 17.4 Å². The lowest BCUT2D eigenvalue weighted by molar-refractivity contribution is 0.155. The highest BCUT2D eigenvalue weighted by molar-refractivity contribution is 6.32. The van der Waals surface area contributed by atoms with E-state index in [4.69, 9.17) is 11.6 Å². The van der Waals surface area contributed by atoms with Gasteiger partial charge in [0.2, 0.25) is 0 Å². The summed E-state index contributed by atoms with van der Waals surface area (Å²) in [6.07, 6.45) is 7.19. The Morgan fingerprint density at radius 3 is 2.78 bits per heavy atom. The molecule has 1 heterocycles. The van der Waals surface area contributed by atoms with Crippen LogP contribution in [0, 0.1) is 16.7 Å². The Morgan fingerprint density at radius 1 is 1.39 bits per heavy atom. The summed E-state index contributed by atoms with van der Waals surface area (Å²) >= 11 is 6.16. The Balaban J connectivity index is 1.91. The van der Waals surface area contributed by atoms with E-state index in [0.717, 1.165) is 11.7 Å². The van der Waals surface area contributed by atoms with Crippen molar-refractivity contribution in [2.45, 2.75) is 46.1 Å². The van der Waals surface area contributed by atoms with Gasteiger partial charge in [-0.15, -0.1) is 0 Å². The highest BCUT2D eigenvalue weighted by Crippen LogP contribution is 2.63. The summed E-state index contributed by atoms with van der Waals surface area (Å²) in [4.78, 5) is 8.21. The fourth-order valence-corrected chi connectivity index (χ4v) is 4.38. The number of aromatic nitrogens is 2. The van der Waals surface area contributed by atoms with Crippen LogP contribution >= 0.6 is 11.6 Å². The summed E-state index contributed by atoms with van der Waals surface area (Å²) in [7, 11) is 0. The van der Waals surface area contributed by atoms with Crippen LogP contribution in [0.1, 0.15) is 40.0 Å². The van der Waals surface area contributed by atoms with Crippen LogP contribution in [0.25, 0.3) is 0 Å². The monoisotopic (exact) mass is 265 g/mol. The molecule has 98 valence electrons. The molecule has 0 spiro atoms. The van der Waals surface area contributed by atoms with Crippen molar-refractivity contribution in [3.63, 3.8) is 0 Å². The number of rotatable bonds is 2. The van der Waals surface area contributed by atoms with Crippen LogP contribution in [0.15, 0.2) is 12.5 Å². The van der Waals surface area contributed by atoms with E-state index in [1.165, 1.54) is 19.3 Å². The minimum absolute atomic E-state index is 0.307. The minimum atomic E-state index is 0.307. The predicted molar refractivity (Wildman–Crippen MR) is 73.7 cm³/mol. The van der Waals surface area contributed by atoms with E-state index in [0.29, 0.717) is 21.9 Å². The maximum atomic E-state index is 6.16. The molecule has 0 aliphatic heterocycles. The molecule has 1 aromatic heterocycles. The van der Waals surface area contributed by atoms with Gasteiger partial charge >= 0.3 is 0 Å². The molecule has 2 aliphatic rings. The molecule has 2 aliphatic carbocycles. The van der Waals surface area contributed by atoms with Gasteiger partial charge < -0.3 is 5.32 Å². The first-order chi connectivity index (χ1) is 8.43. The lowest BCUT2D eigenvalue weighted by Gasteiger charge is -2.43. The average molecular weight is 266 g/mol. The molecule has 0 amide bonds. The summed E-state index contributed by atoms with van der Waals surface area (Å²) < 4.78 is 0. The number of anilines is 1. The Kier molecular flexibility index (Phi) is 2.60. The fraction of sp³-hybridized carbons (Fsp3) is 0.714. The van der Waals surface area contributed by atoms with Crippen LogP contribution in [0.4, 0.5) is 5.82 Å². The Hall–Kier alpha value is -0.830. The Bertz CT molecular complexity index is 469. The third kappa shape index (κ3) is 1.63. The molecule has 18 heavy (non-hydrogen) atoms. The number of nitrogens with one attached hydrogen (secondary N) is 1. The third-order valence-corrected chi connectivity index (χ3v) is 5.50.